The third kappa shape index (κ3) is 5.30. The van der Waals surface area contributed by atoms with Crippen molar-refractivity contribution in [2.45, 2.75) is 83.2 Å². The van der Waals surface area contributed by atoms with Crippen LogP contribution in [-0.2, 0) is 11.3 Å². The highest BCUT2D eigenvalue weighted by atomic mass is 16.1. The number of nitrogens with zero attached hydrogens (tertiary/aromatic N) is 2. The van der Waals surface area contributed by atoms with Crippen molar-refractivity contribution in [1.82, 2.24) is 10.3 Å². The van der Waals surface area contributed by atoms with Crippen molar-refractivity contribution in [3.63, 3.8) is 0 Å². The third-order valence-corrected chi connectivity index (χ3v) is 7.73. The van der Waals surface area contributed by atoms with E-state index in [0.29, 0.717) is 6.04 Å². The molecule has 1 aliphatic heterocycles. The monoisotopic (exact) mass is 398 g/mol. The maximum atomic E-state index is 11.4. The number of amides is 1. The summed E-state index contributed by atoms with van der Waals surface area (Å²) in [6.07, 6.45) is 16.4. The van der Waals surface area contributed by atoms with E-state index in [-0.39, 0.29) is 11.8 Å². The van der Waals surface area contributed by atoms with Gasteiger partial charge in [-0.15, -0.1) is 0 Å². The van der Waals surface area contributed by atoms with Crippen molar-refractivity contribution in [2.75, 3.05) is 18.0 Å². The van der Waals surface area contributed by atoms with Crippen molar-refractivity contribution in [3.8, 4) is 0 Å². The molecule has 3 aliphatic rings. The van der Waals surface area contributed by atoms with Crippen LogP contribution in [0.2, 0.25) is 0 Å². The van der Waals surface area contributed by atoms with Gasteiger partial charge in [-0.25, -0.2) is 4.98 Å². The highest BCUT2D eigenvalue weighted by molar-refractivity contribution is 5.77. The van der Waals surface area contributed by atoms with Crippen LogP contribution in [0.15, 0.2) is 18.3 Å². The Kier molecular flexibility index (Phi) is 7.06. The van der Waals surface area contributed by atoms with Crippen LogP contribution >= 0.6 is 0 Å². The van der Waals surface area contributed by atoms with Gasteiger partial charge in [-0.1, -0.05) is 38.2 Å². The van der Waals surface area contributed by atoms with Crippen molar-refractivity contribution in [2.24, 2.45) is 23.5 Å². The van der Waals surface area contributed by atoms with Gasteiger partial charge in [0.05, 0.1) is 0 Å². The van der Waals surface area contributed by atoms with Crippen molar-refractivity contribution in [1.29, 1.82) is 0 Å². The minimum absolute atomic E-state index is 0.0240. The van der Waals surface area contributed by atoms with Crippen LogP contribution in [0.4, 0.5) is 5.82 Å². The fraction of sp³-hybridized carbons (Fsp3) is 0.750. The molecule has 1 amide bonds. The van der Waals surface area contributed by atoms with Crippen molar-refractivity contribution in [3.05, 3.63) is 23.9 Å². The number of anilines is 1. The van der Waals surface area contributed by atoms with Gasteiger partial charge in [-0.2, -0.15) is 0 Å². The van der Waals surface area contributed by atoms with Crippen LogP contribution in [0.25, 0.3) is 0 Å². The van der Waals surface area contributed by atoms with E-state index in [2.05, 4.69) is 21.3 Å². The van der Waals surface area contributed by atoms with Crippen LogP contribution in [0.5, 0.6) is 0 Å². The van der Waals surface area contributed by atoms with Gasteiger partial charge in [-0.3, -0.25) is 4.79 Å². The van der Waals surface area contributed by atoms with Gasteiger partial charge in [0, 0.05) is 43.4 Å². The fourth-order valence-electron chi connectivity index (χ4n) is 5.88. The predicted molar refractivity (Wildman–Crippen MR) is 118 cm³/mol. The van der Waals surface area contributed by atoms with E-state index in [0.717, 1.165) is 50.1 Å². The molecule has 2 saturated carbocycles. The normalized spacial score (nSPS) is 27.1. The largest absolute Gasteiger partial charge is 0.369 e. The number of nitrogens with two attached hydrogens (primary N) is 1. The summed E-state index contributed by atoms with van der Waals surface area (Å²) in [5.74, 6) is 2.94. The summed E-state index contributed by atoms with van der Waals surface area (Å²) in [4.78, 5) is 18.5. The molecule has 0 spiro atoms. The lowest BCUT2D eigenvalue weighted by molar-refractivity contribution is -0.122. The molecule has 4 rings (SSSR count). The second kappa shape index (κ2) is 9.92. The molecule has 0 unspecified atom stereocenters. The Bertz CT molecular complexity index is 657. The number of aromatic nitrogens is 1. The van der Waals surface area contributed by atoms with Crippen LogP contribution in [-0.4, -0.2) is 30.0 Å². The maximum absolute atomic E-state index is 11.4. The van der Waals surface area contributed by atoms with E-state index in [1.165, 1.54) is 63.4 Å². The first-order valence-corrected chi connectivity index (χ1v) is 11.9. The first-order chi connectivity index (χ1) is 14.2. The molecule has 2 aliphatic carbocycles. The summed E-state index contributed by atoms with van der Waals surface area (Å²) in [6.45, 7) is 2.62. The highest BCUT2D eigenvalue weighted by Crippen LogP contribution is 2.38. The zero-order valence-electron chi connectivity index (χ0n) is 17.8. The molecule has 0 radical (unpaired) electrons. The predicted octanol–water partition coefficient (Wildman–Crippen LogP) is 4.01. The Balaban J connectivity index is 1.27. The maximum Gasteiger partial charge on any atom is 0.220 e. The number of nitrogens with one attached hydrogen (secondary N) is 1. The highest BCUT2D eigenvalue weighted by Gasteiger charge is 2.29. The first kappa shape index (κ1) is 20.6. The molecule has 29 heavy (non-hydrogen) atoms. The number of hydrogen-bond acceptors (Lipinski definition) is 4. The number of pyridine rings is 1. The van der Waals surface area contributed by atoms with Gasteiger partial charge in [0.1, 0.15) is 5.82 Å². The van der Waals surface area contributed by atoms with E-state index < -0.39 is 0 Å². The van der Waals surface area contributed by atoms with Crippen LogP contribution in [0.3, 0.4) is 0 Å². The van der Waals surface area contributed by atoms with Gasteiger partial charge in [-0.05, 0) is 56.4 Å². The minimum Gasteiger partial charge on any atom is -0.369 e. The van der Waals surface area contributed by atoms with Crippen molar-refractivity contribution < 1.29 is 4.79 Å². The molecule has 160 valence electrons. The molecule has 3 N–H and O–H groups in total. The quantitative estimate of drug-likeness (QED) is 0.759. The molecular weight excluding hydrogens is 360 g/mol. The molecule has 2 heterocycles. The van der Waals surface area contributed by atoms with Gasteiger partial charge in [0.2, 0.25) is 5.91 Å². The second-order valence-corrected chi connectivity index (χ2v) is 9.54. The Labute approximate surface area is 175 Å². The summed E-state index contributed by atoms with van der Waals surface area (Å²) in [7, 11) is 0. The topological polar surface area (TPSA) is 71.2 Å². The summed E-state index contributed by atoms with van der Waals surface area (Å²) in [6, 6.07) is 4.88. The van der Waals surface area contributed by atoms with Gasteiger partial charge in [0.25, 0.3) is 0 Å². The molecule has 0 atom stereocenters. The zero-order chi connectivity index (χ0) is 20.1. The Hall–Kier alpha value is -1.62. The van der Waals surface area contributed by atoms with E-state index >= 15 is 0 Å². The SMILES string of the molecule is NC(=O)C1CCN(c2ncccc2CNC2CCC(C3CCCCC3)CC2)CC1. The van der Waals surface area contributed by atoms with E-state index in [4.69, 9.17) is 5.73 Å². The summed E-state index contributed by atoms with van der Waals surface area (Å²) in [5, 5.41) is 3.83. The first-order valence-electron chi connectivity index (χ1n) is 11.9. The lowest BCUT2D eigenvalue weighted by Crippen LogP contribution is -2.40. The van der Waals surface area contributed by atoms with Gasteiger partial charge in [0.15, 0.2) is 0 Å². The number of carbonyl (C=O) groups excluding carboxylic acids is 1. The molecule has 3 fully saturated rings. The molecule has 1 aromatic heterocycles. The molecule has 0 bridgehead atoms. The Morgan fingerprint density at radius 1 is 1.00 bits per heavy atom. The standard InChI is InChI=1S/C24H38N4O/c25-23(29)20-12-15-28(16-13-20)24-21(7-4-14-26-24)17-27-22-10-8-19(9-11-22)18-5-2-1-3-6-18/h4,7,14,18-20,22,27H,1-3,5-6,8-13,15-17H2,(H2,25,29). The summed E-state index contributed by atoms with van der Waals surface area (Å²) >= 11 is 0. The lowest BCUT2D eigenvalue weighted by Gasteiger charge is -2.36. The van der Waals surface area contributed by atoms with E-state index in [1.54, 1.807) is 0 Å². The lowest BCUT2D eigenvalue weighted by atomic mass is 9.72. The minimum atomic E-state index is -0.156. The number of piperidine rings is 1. The Morgan fingerprint density at radius 3 is 2.38 bits per heavy atom. The number of carbonyl (C=O) groups is 1. The summed E-state index contributed by atoms with van der Waals surface area (Å²) in [5.41, 5.74) is 6.76. The van der Waals surface area contributed by atoms with Gasteiger partial charge >= 0.3 is 0 Å². The fourth-order valence-corrected chi connectivity index (χ4v) is 5.88. The second-order valence-electron chi connectivity index (χ2n) is 9.54. The Morgan fingerprint density at radius 2 is 1.69 bits per heavy atom. The van der Waals surface area contributed by atoms with E-state index in [1.807, 2.05) is 12.3 Å². The van der Waals surface area contributed by atoms with Crippen LogP contribution in [0, 0.1) is 17.8 Å². The van der Waals surface area contributed by atoms with Crippen molar-refractivity contribution >= 4 is 11.7 Å². The number of primary amides is 1. The third-order valence-electron chi connectivity index (χ3n) is 7.73. The number of hydrogen-bond donors (Lipinski definition) is 2. The average Bonchev–Trinajstić information content (AvgIpc) is 2.79. The van der Waals surface area contributed by atoms with Crippen LogP contribution in [0.1, 0.15) is 76.2 Å². The molecule has 5 heteroatoms. The van der Waals surface area contributed by atoms with E-state index in [9.17, 15) is 4.79 Å². The summed E-state index contributed by atoms with van der Waals surface area (Å²) < 4.78 is 0. The zero-order valence-corrected chi connectivity index (χ0v) is 17.8. The average molecular weight is 399 g/mol. The van der Waals surface area contributed by atoms with Crippen LogP contribution < -0.4 is 16.0 Å². The molecule has 5 nitrogen and oxygen atoms in total. The molecule has 1 saturated heterocycles. The molecule has 1 aromatic rings. The number of rotatable bonds is 6. The smallest absolute Gasteiger partial charge is 0.220 e. The molecular formula is C24H38N4O. The van der Waals surface area contributed by atoms with Gasteiger partial charge < -0.3 is 16.0 Å². The molecule has 0 aromatic carbocycles.